The van der Waals surface area contributed by atoms with Crippen molar-refractivity contribution in [1.29, 1.82) is 0 Å². The van der Waals surface area contributed by atoms with E-state index in [9.17, 15) is 4.79 Å². The summed E-state index contributed by atoms with van der Waals surface area (Å²) in [6.07, 6.45) is 6.61. The van der Waals surface area contributed by atoms with Gasteiger partial charge in [-0.05, 0) is 51.3 Å². The van der Waals surface area contributed by atoms with Crippen LogP contribution in [0.4, 0.5) is 5.82 Å². The minimum atomic E-state index is -0.309. The molecule has 5 heteroatoms. The Morgan fingerprint density at radius 3 is 3.10 bits per heavy atom. The molecule has 0 radical (unpaired) electrons. The van der Waals surface area contributed by atoms with Gasteiger partial charge in [0.2, 0.25) is 0 Å². The Labute approximate surface area is 125 Å². The van der Waals surface area contributed by atoms with Gasteiger partial charge < -0.3 is 15.0 Å². The Morgan fingerprint density at radius 2 is 2.33 bits per heavy atom. The number of nitrogens with zero attached hydrogens (tertiary/aromatic N) is 2. The topological polar surface area (TPSA) is 54.5 Å². The minimum absolute atomic E-state index is 0.309. The highest BCUT2D eigenvalue weighted by molar-refractivity contribution is 5.89. The second-order valence-electron chi connectivity index (χ2n) is 5.85. The van der Waals surface area contributed by atoms with Gasteiger partial charge in [-0.15, -0.1) is 0 Å². The van der Waals surface area contributed by atoms with Crippen molar-refractivity contribution in [3.63, 3.8) is 0 Å². The summed E-state index contributed by atoms with van der Waals surface area (Å²) < 4.78 is 4.96. The first-order valence-corrected chi connectivity index (χ1v) is 7.90. The maximum absolute atomic E-state index is 11.6. The molecule has 2 atom stereocenters. The molecule has 0 spiro atoms. The minimum Gasteiger partial charge on any atom is -0.462 e. The predicted molar refractivity (Wildman–Crippen MR) is 81.4 cm³/mol. The molecule has 2 unspecified atom stereocenters. The Morgan fingerprint density at radius 1 is 1.43 bits per heavy atom. The lowest BCUT2D eigenvalue weighted by atomic mass is 9.97. The quantitative estimate of drug-likeness (QED) is 0.862. The maximum atomic E-state index is 11.6. The number of pyridine rings is 1. The summed E-state index contributed by atoms with van der Waals surface area (Å²) >= 11 is 0. The highest BCUT2D eigenvalue weighted by atomic mass is 16.5. The standard InChI is InChI=1S/C16H23N3O2/c1-2-21-16(20)12-5-6-15(17-11-12)18-13-7-9-19-8-3-4-14(19)10-13/h5-6,11,13-14H,2-4,7-10H2,1H3,(H,17,18). The van der Waals surface area contributed by atoms with E-state index >= 15 is 0 Å². The number of hydrogen-bond donors (Lipinski definition) is 1. The van der Waals surface area contributed by atoms with Gasteiger partial charge in [-0.25, -0.2) is 9.78 Å². The SMILES string of the molecule is CCOC(=O)c1ccc(NC2CCN3CCCC3C2)nc1. The molecule has 1 aromatic rings. The predicted octanol–water partition coefficient (Wildman–Crippen LogP) is 2.30. The molecule has 114 valence electrons. The number of hydrogen-bond acceptors (Lipinski definition) is 5. The normalized spacial score (nSPS) is 25.4. The largest absolute Gasteiger partial charge is 0.462 e. The average molecular weight is 289 g/mol. The van der Waals surface area contributed by atoms with Crippen LogP contribution in [0.5, 0.6) is 0 Å². The van der Waals surface area contributed by atoms with E-state index in [1.165, 1.54) is 32.4 Å². The third kappa shape index (κ3) is 3.35. The summed E-state index contributed by atoms with van der Waals surface area (Å²) in [5, 5.41) is 3.50. The van der Waals surface area contributed by atoms with Crippen molar-refractivity contribution in [2.24, 2.45) is 0 Å². The van der Waals surface area contributed by atoms with E-state index in [1.54, 1.807) is 19.2 Å². The highest BCUT2D eigenvalue weighted by Gasteiger charge is 2.31. The summed E-state index contributed by atoms with van der Waals surface area (Å²) in [4.78, 5) is 18.5. The van der Waals surface area contributed by atoms with Gasteiger partial charge >= 0.3 is 5.97 Å². The highest BCUT2D eigenvalue weighted by Crippen LogP contribution is 2.28. The van der Waals surface area contributed by atoms with E-state index in [0.29, 0.717) is 18.2 Å². The van der Waals surface area contributed by atoms with Crippen LogP contribution < -0.4 is 5.32 Å². The van der Waals surface area contributed by atoms with Crippen LogP contribution in [0.1, 0.15) is 43.0 Å². The molecule has 21 heavy (non-hydrogen) atoms. The van der Waals surface area contributed by atoms with Gasteiger partial charge in [0.1, 0.15) is 5.82 Å². The molecule has 3 heterocycles. The average Bonchev–Trinajstić information content (AvgIpc) is 2.96. The van der Waals surface area contributed by atoms with E-state index in [0.717, 1.165) is 18.3 Å². The van der Waals surface area contributed by atoms with Gasteiger partial charge in [-0.1, -0.05) is 0 Å². The molecule has 1 N–H and O–H groups in total. The Bertz CT molecular complexity index is 489. The number of fused-ring (bicyclic) bond motifs is 1. The molecule has 0 aromatic carbocycles. The molecule has 0 saturated carbocycles. The van der Waals surface area contributed by atoms with Crippen molar-refractivity contribution < 1.29 is 9.53 Å². The van der Waals surface area contributed by atoms with Gasteiger partial charge in [0.25, 0.3) is 0 Å². The molecule has 2 aliphatic rings. The number of nitrogens with one attached hydrogen (secondary N) is 1. The molecule has 2 saturated heterocycles. The Hall–Kier alpha value is -1.62. The fourth-order valence-electron chi connectivity index (χ4n) is 3.38. The van der Waals surface area contributed by atoms with Crippen LogP contribution in [-0.2, 0) is 4.74 Å². The fraction of sp³-hybridized carbons (Fsp3) is 0.625. The van der Waals surface area contributed by atoms with Crippen LogP contribution in [0.15, 0.2) is 18.3 Å². The van der Waals surface area contributed by atoms with Crippen molar-refractivity contribution in [2.45, 2.75) is 44.7 Å². The molecule has 0 bridgehead atoms. The van der Waals surface area contributed by atoms with Gasteiger partial charge in [-0.3, -0.25) is 0 Å². The van der Waals surface area contributed by atoms with Gasteiger partial charge in [0.05, 0.1) is 12.2 Å². The maximum Gasteiger partial charge on any atom is 0.339 e. The lowest BCUT2D eigenvalue weighted by Gasteiger charge is -2.35. The first-order chi connectivity index (χ1) is 10.3. The first-order valence-electron chi connectivity index (χ1n) is 7.90. The summed E-state index contributed by atoms with van der Waals surface area (Å²) in [6, 6.07) is 4.88. The van der Waals surface area contributed by atoms with Gasteiger partial charge in [-0.2, -0.15) is 0 Å². The number of esters is 1. The molecule has 5 nitrogen and oxygen atoms in total. The molecule has 2 fully saturated rings. The molecule has 3 rings (SSSR count). The zero-order chi connectivity index (χ0) is 14.7. The zero-order valence-corrected chi connectivity index (χ0v) is 12.5. The fourth-order valence-corrected chi connectivity index (χ4v) is 3.38. The van der Waals surface area contributed by atoms with E-state index < -0.39 is 0 Å². The third-order valence-electron chi connectivity index (χ3n) is 4.45. The lowest BCUT2D eigenvalue weighted by Crippen LogP contribution is -2.42. The number of aromatic nitrogens is 1. The molecular formula is C16H23N3O2. The van der Waals surface area contributed by atoms with Crippen LogP contribution in [0.25, 0.3) is 0 Å². The molecule has 0 amide bonds. The van der Waals surface area contributed by atoms with E-state index in [2.05, 4.69) is 15.2 Å². The Kier molecular flexibility index (Phi) is 4.39. The van der Waals surface area contributed by atoms with Crippen molar-refractivity contribution >= 4 is 11.8 Å². The molecule has 1 aromatic heterocycles. The van der Waals surface area contributed by atoms with E-state index in [4.69, 9.17) is 4.74 Å². The zero-order valence-electron chi connectivity index (χ0n) is 12.5. The molecular weight excluding hydrogens is 266 g/mol. The number of anilines is 1. The smallest absolute Gasteiger partial charge is 0.339 e. The van der Waals surface area contributed by atoms with Crippen LogP contribution in [0.3, 0.4) is 0 Å². The van der Waals surface area contributed by atoms with E-state index in [1.807, 2.05) is 6.07 Å². The Balaban J connectivity index is 1.56. The number of rotatable bonds is 4. The molecule has 0 aliphatic carbocycles. The summed E-state index contributed by atoms with van der Waals surface area (Å²) in [6.45, 7) is 4.64. The molecule has 2 aliphatic heterocycles. The summed E-state index contributed by atoms with van der Waals surface area (Å²) in [7, 11) is 0. The van der Waals surface area contributed by atoms with E-state index in [-0.39, 0.29) is 5.97 Å². The second kappa shape index (κ2) is 6.43. The van der Waals surface area contributed by atoms with Crippen molar-refractivity contribution in [2.75, 3.05) is 25.0 Å². The van der Waals surface area contributed by atoms with Crippen LogP contribution in [0.2, 0.25) is 0 Å². The van der Waals surface area contributed by atoms with Crippen LogP contribution in [0, 0.1) is 0 Å². The van der Waals surface area contributed by atoms with Gasteiger partial charge in [0.15, 0.2) is 0 Å². The van der Waals surface area contributed by atoms with Crippen LogP contribution in [-0.4, -0.2) is 47.6 Å². The number of ether oxygens (including phenoxy) is 1. The summed E-state index contributed by atoms with van der Waals surface area (Å²) in [5.41, 5.74) is 0.507. The number of piperidine rings is 1. The van der Waals surface area contributed by atoms with Gasteiger partial charge in [0, 0.05) is 24.8 Å². The lowest BCUT2D eigenvalue weighted by molar-refractivity contribution is 0.0526. The van der Waals surface area contributed by atoms with Crippen molar-refractivity contribution in [3.05, 3.63) is 23.9 Å². The number of carbonyl (C=O) groups excluding carboxylic acids is 1. The van der Waals surface area contributed by atoms with Crippen molar-refractivity contribution in [1.82, 2.24) is 9.88 Å². The van der Waals surface area contributed by atoms with Crippen molar-refractivity contribution in [3.8, 4) is 0 Å². The monoisotopic (exact) mass is 289 g/mol. The van der Waals surface area contributed by atoms with Crippen LogP contribution >= 0.6 is 0 Å². The first kappa shape index (κ1) is 14.3. The second-order valence-corrected chi connectivity index (χ2v) is 5.85. The summed E-state index contributed by atoms with van der Waals surface area (Å²) in [5.74, 6) is 0.537. The number of carbonyl (C=O) groups is 1. The third-order valence-corrected chi connectivity index (χ3v) is 4.45.